The number of thioether (sulfide) groups is 2. The van der Waals surface area contributed by atoms with E-state index in [1.165, 1.54) is 17.1 Å². The van der Waals surface area contributed by atoms with Crippen molar-refractivity contribution in [2.75, 3.05) is 37.6 Å². The number of rotatable bonds is 7. The van der Waals surface area contributed by atoms with Gasteiger partial charge < -0.3 is 19.5 Å². The molecule has 1 saturated heterocycles. The molecule has 1 amide bonds. The van der Waals surface area contributed by atoms with E-state index in [4.69, 9.17) is 14.2 Å². The van der Waals surface area contributed by atoms with Gasteiger partial charge in [0.15, 0.2) is 6.61 Å². The van der Waals surface area contributed by atoms with Crippen LogP contribution in [0.25, 0.3) is 0 Å². The molecule has 0 aliphatic carbocycles. The molecule has 26 heavy (non-hydrogen) atoms. The van der Waals surface area contributed by atoms with Gasteiger partial charge in [-0.15, -0.1) is 23.5 Å². The van der Waals surface area contributed by atoms with Gasteiger partial charge in [0.2, 0.25) is 0 Å². The Balaban J connectivity index is 1.54. The smallest absolute Gasteiger partial charge is 0.262 e. The van der Waals surface area contributed by atoms with Crippen molar-refractivity contribution < 1.29 is 19.0 Å². The van der Waals surface area contributed by atoms with Gasteiger partial charge in [0.25, 0.3) is 5.91 Å². The van der Waals surface area contributed by atoms with Crippen LogP contribution in [-0.4, -0.2) is 38.2 Å². The van der Waals surface area contributed by atoms with Gasteiger partial charge in [0.1, 0.15) is 17.2 Å². The van der Waals surface area contributed by atoms with Crippen LogP contribution in [0.5, 0.6) is 17.2 Å². The lowest BCUT2D eigenvalue weighted by atomic mass is 10.2. The molecule has 0 bridgehead atoms. The highest BCUT2D eigenvalue weighted by Gasteiger charge is 2.18. The zero-order valence-electron chi connectivity index (χ0n) is 14.7. The van der Waals surface area contributed by atoms with Crippen LogP contribution in [0.4, 0.5) is 5.69 Å². The average Bonchev–Trinajstić information content (AvgIpc) is 3.22. The number of methoxy groups -OCH3 is 2. The number of anilines is 1. The van der Waals surface area contributed by atoms with Crippen LogP contribution in [0.15, 0.2) is 42.5 Å². The van der Waals surface area contributed by atoms with Gasteiger partial charge in [-0.3, -0.25) is 4.79 Å². The molecule has 5 nitrogen and oxygen atoms in total. The molecule has 0 unspecified atom stereocenters. The summed E-state index contributed by atoms with van der Waals surface area (Å²) >= 11 is 3.93. The summed E-state index contributed by atoms with van der Waals surface area (Å²) in [5.74, 6) is 4.02. The van der Waals surface area contributed by atoms with Crippen molar-refractivity contribution in [1.29, 1.82) is 0 Å². The second-order valence-electron chi connectivity index (χ2n) is 5.55. The molecule has 0 spiro atoms. The van der Waals surface area contributed by atoms with Crippen molar-refractivity contribution in [2.45, 2.75) is 4.58 Å². The highest BCUT2D eigenvalue weighted by Crippen LogP contribution is 2.45. The average molecular weight is 392 g/mol. The Kier molecular flexibility index (Phi) is 6.57. The molecule has 1 heterocycles. The van der Waals surface area contributed by atoms with Crippen molar-refractivity contribution in [3.8, 4) is 17.2 Å². The van der Waals surface area contributed by atoms with E-state index in [1.54, 1.807) is 32.4 Å². The maximum absolute atomic E-state index is 12.2. The fraction of sp³-hybridized carbons (Fsp3) is 0.316. The minimum absolute atomic E-state index is 0.0680. The van der Waals surface area contributed by atoms with Gasteiger partial charge in [-0.25, -0.2) is 0 Å². The van der Waals surface area contributed by atoms with E-state index in [9.17, 15) is 4.79 Å². The summed E-state index contributed by atoms with van der Waals surface area (Å²) in [6, 6.07) is 13.2. The summed E-state index contributed by atoms with van der Waals surface area (Å²) in [6.07, 6.45) is 0. The lowest BCUT2D eigenvalue weighted by Gasteiger charge is -2.13. The molecule has 3 rings (SSSR count). The van der Waals surface area contributed by atoms with Crippen LogP contribution >= 0.6 is 23.5 Å². The number of amides is 1. The number of ether oxygens (including phenoxy) is 3. The van der Waals surface area contributed by atoms with E-state index in [0.717, 1.165) is 0 Å². The third-order valence-corrected chi connectivity index (χ3v) is 6.93. The highest BCUT2D eigenvalue weighted by molar-refractivity contribution is 8.19. The molecule has 2 aromatic rings. The first kappa shape index (κ1) is 18.8. The summed E-state index contributed by atoms with van der Waals surface area (Å²) < 4.78 is 16.5. The number of carbonyl (C=O) groups excluding carboxylic acids is 1. The molecule has 1 aliphatic heterocycles. The fourth-order valence-electron chi connectivity index (χ4n) is 2.51. The number of hydrogen-bond donors (Lipinski definition) is 1. The van der Waals surface area contributed by atoms with Gasteiger partial charge in [0, 0.05) is 17.6 Å². The Labute approximate surface area is 161 Å². The van der Waals surface area contributed by atoms with E-state index in [2.05, 4.69) is 17.4 Å². The molecule has 1 N–H and O–H groups in total. The zero-order chi connectivity index (χ0) is 18.4. The second-order valence-corrected chi connectivity index (χ2v) is 8.27. The third kappa shape index (κ3) is 4.80. The first-order valence-electron chi connectivity index (χ1n) is 8.17. The first-order chi connectivity index (χ1) is 12.7. The Morgan fingerprint density at radius 1 is 1.04 bits per heavy atom. The minimum Gasteiger partial charge on any atom is -0.497 e. The molecule has 1 aliphatic rings. The Hall–Kier alpha value is -1.99. The van der Waals surface area contributed by atoms with Gasteiger partial charge in [0.05, 0.1) is 24.5 Å². The van der Waals surface area contributed by atoms with Crippen molar-refractivity contribution in [3.05, 3.63) is 48.0 Å². The monoisotopic (exact) mass is 391 g/mol. The summed E-state index contributed by atoms with van der Waals surface area (Å²) in [7, 11) is 3.12. The summed E-state index contributed by atoms with van der Waals surface area (Å²) in [4.78, 5) is 12.2. The Morgan fingerprint density at radius 3 is 2.38 bits per heavy atom. The van der Waals surface area contributed by atoms with Crippen LogP contribution in [0.3, 0.4) is 0 Å². The van der Waals surface area contributed by atoms with Crippen LogP contribution in [0.2, 0.25) is 0 Å². The van der Waals surface area contributed by atoms with Gasteiger partial charge >= 0.3 is 0 Å². The predicted molar refractivity (Wildman–Crippen MR) is 108 cm³/mol. The molecular weight excluding hydrogens is 370 g/mol. The normalized spacial score (nSPS) is 14.1. The molecule has 1 fully saturated rings. The van der Waals surface area contributed by atoms with E-state index in [1.807, 2.05) is 35.7 Å². The highest BCUT2D eigenvalue weighted by atomic mass is 32.2. The summed E-state index contributed by atoms with van der Waals surface area (Å²) in [5.41, 5.74) is 1.87. The lowest BCUT2D eigenvalue weighted by Crippen LogP contribution is -2.20. The van der Waals surface area contributed by atoms with Crippen LogP contribution in [0, 0.1) is 0 Å². The molecule has 0 atom stereocenters. The van der Waals surface area contributed by atoms with Gasteiger partial charge in [-0.05, 0) is 29.8 Å². The molecule has 2 aromatic carbocycles. The molecule has 7 heteroatoms. The van der Waals surface area contributed by atoms with Crippen molar-refractivity contribution in [2.24, 2.45) is 0 Å². The maximum atomic E-state index is 12.2. The van der Waals surface area contributed by atoms with Crippen molar-refractivity contribution in [3.63, 3.8) is 0 Å². The largest absolute Gasteiger partial charge is 0.497 e. The van der Waals surface area contributed by atoms with Gasteiger partial charge in [-0.2, -0.15) is 0 Å². The van der Waals surface area contributed by atoms with E-state index < -0.39 is 0 Å². The maximum Gasteiger partial charge on any atom is 0.262 e. The molecular formula is C19H21NO4S2. The number of nitrogens with one attached hydrogen (secondary N) is 1. The zero-order valence-corrected chi connectivity index (χ0v) is 16.3. The second kappa shape index (κ2) is 9.09. The van der Waals surface area contributed by atoms with Gasteiger partial charge in [-0.1, -0.05) is 12.1 Å². The number of carbonyl (C=O) groups is 1. The van der Waals surface area contributed by atoms with Crippen LogP contribution in [0.1, 0.15) is 10.1 Å². The fourth-order valence-corrected chi connectivity index (χ4v) is 5.37. The molecule has 0 aromatic heterocycles. The van der Waals surface area contributed by atoms with Crippen molar-refractivity contribution in [1.82, 2.24) is 0 Å². The Bertz CT molecular complexity index is 746. The first-order valence-corrected chi connectivity index (χ1v) is 10.3. The van der Waals surface area contributed by atoms with Crippen LogP contribution in [-0.2, 0) is 4.79 Å². The quantitative estimate of drug-likeness (QED) is 0.763. The molecule has 138 valence electrons. The minimum atomic E-state index is -0.251. The van der Waals surface area contributed by atoms with E-state index in [0.29, 0.717) is 27.5 Å². The van der Waals surface area contributed by atoms with Crippen LogP contribution < -0.4 is 19.5 Å². The summed E-state index contributed by atoms with van der Waals surface area (Å²) in [5, 5.41) is 2.79. The number of benzene rings is 2. The standard InChI is InChI=1S/C19H21NO4S2/c1-22-15-7-8-16(17(11-15)23-2)20-18(21)12-24-14-5-3-13(4-6-14)19-25-9-10-26-19/h3-8,11,19H,9-10,12H2,1-2H3,(H,20,21). The van der Waals surface area contributed by atoms with E-state index >= 15 is 0 Å². The topological polar surface area (TPSA) is 56.8 Å². The number of hydrogen-bond acceptors (Lipinski definition) is 6. The Morgan fingerprint density at radius 2 is 1.73 bits per heavy atom. The predicted octanol–water partition coefficient (Wildman–Crippen LogP) is 4.20. The lowest BCUT2D eigenvalue weighted by molar-refractivity contribution is -0.118. The van der Waals surface area contributed by atoms with E-state index in [-0.39, 0.29) is 12.5 Å². The molecule has 0 saturated carbocycles. The summed E-state index contributed by atoms with van der Waals surface area (Å²) in [6.45, 7) is -0.0680. The SMILES string of the molecule is COc1ccc(NC(=O)COc2ccc(C3SCCS3)cc2)c(OC)c1. The third-order valence-electron chi connectivity index (χ3n) is 3.83. The molecule has 0 radical (unpaired) electrons. The van der Waals surface area contributed by atoms with Crippen molar-refractivity contribution >= 4 is 35.1 Å².